The van der Waals surface area contributed by atoms with E-state index in [0.29, 0.717) is 28.7 Å². The van der Waals surface area contributed by atoms with Crippen LogP contribution in [0.5, 0.6) is 11.5 Å². The first kappa shape index (κ1) is 23.6. The van der Waals surface area contributed by atoms with Crippen molar-refractivity contribution >= 4 is 28.5 Å². The van der Waals surface area contributed by atoms with Crippen LogP contribution < -0.4 is 14.8 Å². The predicted octanol–water partition coefficient (Wildman–Crippen LogP) is 6.05. The molecule has 1 aromatic heterocycles. The molecule has 6 nitrogen and oxygen atoms in total. The Kier molecular flexibility index (Phi) is 7.70. The Morgan fingerprint density at radius 3 is 2.68 bits per heavy atom. The minimum Gasteiger partial charge on any atom is -0.497 e. The molecular formula is C27H28ClN3O3. The minimum absolute atomic E-state index is 0.168. The van der Waals surface area contributed by atoms with E-state index in [0.717, 1.165) is 36.2 Å². The fourth-order valence-electron chi connectivity index (χ4n) is 3.88. The molecule has 0 radical (unpaired) electrons. The summed E-state index contributed by atoms with van der Waals surface area (Å²) in [5.41, 5.74) is 2.50. The third kappa shape index (κ3) is 5.51. The SMILES string of the molecule is COc1cccc(C(=O)NC(C)c2nc3ccccc3n2CCCCOc2ccccc2Cl)c1. The van der Waals surface area contributed by atoms with Gasteiger partial charge in [0.05, 0.1) is 35.8 Å². The second-order valence-electron chi connectivity index (χ2n) is 8.02. The van der Waals surface area contributed by atoms with Crippen LogP contribution in [0, 0.1) is 0 Å². The monoisotopic (exact) mass is 477 g/mol. The molecule has 7 heteroatoms. The third-order valence-corrected chi connectivity index (χ3v) is 5.93. The summed E-state index contributed by atoms with van der Waals surface area (Å²) in [5, 5.41) is 3.69. The van der Waals surface area contributed by atoms with Gasteiger partial charge in [-0.3, -0.25) is 4.79 Å². The van der Waals surface area contributed by atoms with Crippen LogP contribution in [-0.2, 0) is 6.54 Å². The minimum atomic E-state index is -0.273. The van der Waals surface area contributed by atoms with Crippen molar-refractivity contribution in [2.75, 3.05) is 13.7 Å². The topological polar surface area (TPSA) is 65.4 Å². The van der Waals surface area contributed by atoms with Crippen molar-refractivity contribution in [2.45, 2.75) is 32.4 Å². The van der Waals surface area contributed by atoms with E-state index in [1.165, 1.54) is 0 Å². The maximum Gasteiger partial charge on any atom is 0.251 e. The first-order chi connectivity index (χ1) is 16.6. The largest absolute Gasteiger partial charge is 0.497 e. The van der Waals surface area contributed by atoms with Gasteiger partial charge in [0.2, 0.25) is 0 Å². The van der Waals surface area contributed by atoms with Gasteiger partial charge in [0.1, 0.15) is 17.3 Å². The van der Waals surface area contributed by atoms with E-state index in [1.54, 1.807) is 25.3 Å². The molecule has 0 bridgehead atoms. The number of halogens is 1. The fraction of sp³-hybridized carbons (Fsp3) is 0.259. The van der Waals surface area contributed by atoms with E-state index in [9.17, 15) is 4.79 Å². The van der Waals surface area contributed by atoms with Gasteiger partial charge in [0, 0.05) is 12.1 Å². The van der Waals surface area contributed by atoms with Crippen LogP contribution in [0.2, 0.25) is 5.02 Å². The van der Waals surface area contributed by atoms with Crippen LogP contribution in [0.1, 0.15) is 42.0 Å². The lowest BCUT2D eigenvalue weighted by molar-refractivity contribution is 0.0937. The van der Waals surface area contributed by atoms with E-state index in [1.807, 2.05) is 55.5 Å². The first-order valence-corrected chi connectivity index (χ1v) is 11.7. The van der Waals surface area contributed by atoms with Gasteiger partial charge < -0.3 is 19.4 Å². The van der Waals surface area contributed by atoms with E-state index in [4.69, 9.17) is 26.1 Å². The van der Waals surface area contributed by atoms with E-state index in [2.05, 4.69) is 16.0 Å². The van der Waals surface area contributed by atoms with Crippen molar-refractivity contribution in [1.82, 2.24) is 14.9 Å². The van der Waals surface area contributed by atoms with Crippen LogP contribution in [0.15, 0.2) is 72.8 Å². The van der Waals surface area contributed by atoms with E-state index < -0.39 is 0 Å². The summed E-state index contributed by atoms with van der Waals surface area (Å²) in [5.74, 6) is 2.00. The molecule has 3 aromatic carbocycles. The molecule has 0 aliphatic rings. The van der Waals surface area contributed by atoms with Crippen molar-refractivity contribution in [1.29, 1.82) is 0 Å². The molecule has 1 N–H and O–H groups in total. The summed E-state index contributed by atoms with van der Waals surface area (Å²) < 4.78 is 13.2. The maximum atomic E-state index is 12.9. The van der Waals surface area contributed by atoms with Gasteiger partial charge in [-0.05, 0) is 62.2 Å². The number of carbonyl (C=O) groups excluding carboxylic acids is 1. The highest BCUT2D eigenvalue weighted by molar-refractivity contribution is 6.32. The molecule has 176 valence electrons. The molecule has 0 saturated carbocycles. The fourth-order valence-corrected chi connectivity index (χ4v) is 4.07. The molecule has 0 aliphatic heterocycles. The number of ether oxygens (including phenoxy) is 2. The summed E-state index contributed by atoms with van der Waals surface area (Å²) in [7, 11) is 1.58. The molecule has 1 amide bonds. The number of unbranched alkanes of at least 4 members (excludes halogenated alkanes) is 1. The number of nitrogens with one attached hydrogen (secondary N) is 1. The number of benzene rings is 3. The molecule has 4 rings (SSSR count). The number of rotatable bonds is 10. The number of fused-ring (bicyclic) bond motifs is 1. The lowest BCUT2D eigenvalue weighted by Gasteiger charge is -2.17. The number of aromatic nitrogens is 2. The highest BCUT2D eigenvalue weighted by Crippen LogP contribution is 2.24. The Balaban J connectivity index is 1.44. The lowest BCUT2D eigenvalue weighted by atomic mass is 10.2. The van der Waals surface area contributed by atoms with Crippen LogP contribution in [0.25, 0.3) is 11.0 Å². The van der Waals surface area contributed by atoms with Gasteiger partial charge >= 0.3 is 0 Å². The van der Waals surface area contributed by atoms with Crippen LogP contribution in [-0.4, -0.2) is 29.2 Å². The summed E-state index contributed by atoms with van der Waals surface area (Å²) >= 11 is 6.16. The van der Waals surface area contributed by atoms with Crippen molar-refractivity contribution in [3.63, 3.8) is 0 Å². The van der Waals surface area contributed by atoms with Crippen LogP contribution in [0.3, 0.4) is 0 Å². The Morgan fingerprint density at radius 2 is 1.85 bits per heavy atom. The molecule has 1 unspecified atom stereocenters. The summed E-state index contributed by atoms with van der Waals surface area (Å²) in [6.45, 7) is 3.30. The van der Waals surface area contributed by atoms with Gasteiger partial charge in [-0.2, -0.15) is 0 Å². The molecule has 0 fully saturated rings. The molecule has 0 spiro atoms. The molecule has 4 aromatic rings. The molecule has 0 saturated heterocycles. The average Bonchev–Trinajstić information content (AvgIpc) is 3.23. The number of hydrogen-bond donors (Lipinski definition) is 1. The van der Waals surface area contributed by atoms with Crippen molar-refractivity contribution in [3.05, 3.63) is 89.2 Å². The Labute approximate surface area is 204 Å². The predicted molar refractivity (Wildman–Crippen MR) is 135 cm³/mol. The molecule has 34 heavy (non-hydrogen) atoms. The normalized spacial score (nSPS) is 11.9. The van der Waals surface area contributed by atoms with Gasteiger partial charge in [0.25, 0.3) is 5.91 Å². The second kappa shape index (κ2) is 11.1. The Bertz CT molecular complexity index is 1270. The Morgan fingerprint density at radius 1 is 1.06 bits per heavy atom. The highest BCUT2D eigenvalue weighted by atomic mass is 35.5. The van der Waals surface area contributed by atoms with Crippen molar-refractivity contribution < 1.29 is 14.3 Å². The quantitative estimate of drug-likeness (QED) is 0.282. The van der Waals surface area contributed by atoms with Crippen LogP contribution >= 0.6 is 11.6 Å². The van der Waals surface area contributed by atoms with Crippen LogP contribution in [0.4, 0.5) is 0 Å². The summed E-state index contributed by atoms with van der Waals surface area (Å²) in [6.07, 6.45) is 1.76. The van der Waals surface area contributed by atoms with E-state index in [-0.39, 0.29) is 11.9 Å². The van der Waals surface area contributed by atoms with Gasteiger partial charge in [-0.25, -0.2) is 4.98 Å². The number of aryl methyl sites for hydroxylation is 1. The average molecular weight is 478 g/mol. The number of methoxy groups -OCH3 is 1. The molecule has 1 heterocycles. The number of imidazole rings is 1. The number of para-hydroxylation sites is 3. The molecule has 0 aliphatic carbocycles. The maximum absolute atomic E-state index is 12.9. The standard InChI is InChI=1S/C27H28ClN3O3/c1-19(29-27(32)20-10-9-11-21(18-20)33-2)26-30-23-13-4-5-14-24(23)31(26)16-7-8-17-34-25-15-6-3-12-22(25)28/h3-6,9-15,18-19H,7-8,16-17H2,1-2H3,(H,29,32). The van der Waals surface area contributed by atoms with Gasteiger partial charge in [0.15, 0.2) is 0 Å². The molecule has 1 atom stereocenters. The van der Waals surface area contributed by atoms with Gasteiger partial charge in [-0.15, -0.1) is 0 Å². The highest BCUT2D eigenvalue weighted by Gasteiger charge is 2.19. The zero-order valence-electron chi connectivity index (χ0n) is 19.3. The lowest BCUT2D eigenvalue weighted by Crippen LogP contribution is -2.28. The second-order valence-corrected chi connectivity index (χ2v) is 8.43. The van der Waals surface area contributed by atoms with Crippen molar-refractivity contribution in [2.24, 2.45) is 0 Å². The Hall–Kier alpha value is -3.51. The summed E-state index contributed by atoms with van der Waals surface area (Å²) in [4.78, 5) is 17.7. The summed E-state index contributed by atoms with van der Waals surface area (Å²) in [6, 6.07) is 22.4. The number of carbonyl (C=O) groups is 1. The zero-order valence-corrected chi connectivity index (χ0v) is 20.1. The zero-order chi connectivity index (χ0) is 23.9. The van der Waals surface area contributed by atoms with Crippen molar-refractivity contribution in [3.8, 4) is 11.5 Å². The van der Waals surface area contributed by atoms with Gasteiger partial charge in [-0.1, -0.05) is 41.9 Å². The molecular weight excluding hydrogens is 450 g/mol. The third-order valence-electron chi connectivity index (χ3n) is 5.62. The first-order valence-electron chi connectivity index (χ1n) is 11.3. The smallest absolute Gasteiger partial charge is 0.251 e. The number of hydrogen-bond acceptors (Lipinski definition) is 4. The number of nitrogens with zero attached hydrogens (tertiary/aromatic N) is 2. The van der Waals surface area contributed by atoms with E-state index >= 15 is 0 Å². The number of amides is 1.